The molecule has 0 heterocycles. The van der Waals surface area contributed by atoms with Crippen LogP contribution in [0.25, 0.3) is 0 Å². The van der Waals surface area contributed by atoms with Crippen LogP contribution in [0.1, 0.15) is 40.2 Å². The molecule has 4 rings (SSSR count). The maximum atomic E-state index is 12.9. The maximum absolute atomic E-state index is 12.9. The van der Waals surface area contributed by atoms with Crippen LogP contribution in [0.4, 0.5) is 0 Å². The van der Waals surface area contributed by atoms with E-state index in [1.807, 2.05) is 54.6 Å². The Morgan fingerprint density at radius 3 is 2.32 bits per heavy atom. The Hall–Kier alpha value is -3.35. The maximum Gasteiger partial charge on any atom is 0.251 e. The molecule has 3 aromatic rings. The monoisotopic (exact) mass is 479 g/mol. The summed E-state index contributed by atoms with van der Waals surface area (Å²) in [6.45, 7) is 0.681. The molecule has 0 aromatic heterocycles. The average Bonchev–Trinajstić information content (AvgIpc) is 3.59. The minimum absolute atomic E-state index is 0. The van der Waals surface area contributed by atoms with Crippen molar-refractivity contribution >= 4 is 24.2 Å². The van der Waals surface area contributed by atoms with Crippen molar-refractivity contribution in [2.75, 3.05) is 6.61 Å². The zero-order valence-electron chi connectivity index (χ0n) is 18.9. The van der Waals surface area contributed by atoms with Crippen molar-refractivity contribution in [1.29, 1.82) is 0 Å². The summed E-state index contributed by atoms with van der Waals surface area (Å²) in [4.78, 5) is 25.6. The summed E-state index contributed by atoms with van der Waals surface area (Å²) in [5.74, 6) is 0.601. The van der Waals surface area contributed by atoms with Crippen LogP contribution in [0.15, 0.2) is 84.9 Å². The van der Waals surface area contributed by atoms with Crippen molar-refractivity contribution in [3.8, 4) is 5.75 Å². The summed E-state index contributed by atoms with van der Waals surface area (Å²) in [6.07, 6.45) is 1.34. The van der Waals surface area contributed by atoms with Crippen LogP contribution in [0.5, 0.6) is 5.75 Å². The number of halogens is 1. The fraction of sp³-hybridized carbons (Fsp3) is 0.259. The van der Waals surface area contributed by atoms with Crippen LogP contribution in [0.2, 0.25) is 0 Å². The summed E-state index contributed by atoms with van der Waals surface area (Å²) in [7, 11) is 0. The molecule has 0 radical (unpaired) electrons. The van der Waals surface area contributed by atoms with Gasteiger partial charge in [-0.1, -0.05) is 60.7 Å². The summed E-state index contributed by atoms with van der Waals surface area (Å²) in [5, 5.41) is 5.77. The van der Waals surface area contributed by atoms with Gasteiger partial charge in [0, 0.05) is 30.5 Å². The van der Waals surface area contributed by atoms with Crippen LogP contribution in [-0.2, 0) is 11.3 Å². The van der Waals surface area contributed by atoms with Gasteiger partial charge >= 0.3 is 0 Å². The lowest BCUT2D eigenvalue weighted by atomic mass is 10.1. The van der Waals surface area contributed by atoms with E-state index in [1.165, 1.54) is 5.56 Å². The molecule has 1 aliphatic rings. The molecule has 0 bridgehead atoms. The van der Waals surface area contributed by atoms with Crippen molar-refractivity contribution in [2.24, 2.45) is 5.73 Å². The summed E-state index contributed by atoms with van der Waals surface area (Å²) >= 11 is 0. The lowest BCUT2D eigenvalue weighted by molar-refractivity contribution is -0.123. The average molecular weight is 480 g/mol. The number of hydrogen-bond acceptors (Lipinski definition) is 4. The zero-order valence-corrected chi connectivity index (χ0v) is 19.7. The predicted molar refractivity (Wildman–Crippen MR) is 135 cm³/mol. The second kappa shape index (κ2) is 12.2. The Bertz CT molecular complexity index is 1080. The predicted octanol–water partition coefficient (Wildman–Crippen LogP) is 3.81. The van der Waals surface area contributed by atoms with Crippen LogP contribution in [0, 0.1) is 0 Å². The molecule has 1 unspecified atom stereocenters. The van der Waals surface area contributed by atoms with E-state index >= 15 is 0 Å². The Kier molecular flexibility index (Phi) is 9.08. The van der Waals surface area contributed by atoms with Crippen LogP contribution >= 0.6 is 12.4 Å². The number of nitrogens with one attached hydrogen (secondary N) is 2. The van der Waals surface area contributed by atoms with Crippen molar-refractivity contribution in [3.63, 3.8) is 0 Å². The first-order chi connectivity index (χ1) is 16.1. The highest BCUT2D eigenvalue weighted by molar-refractivity contribution is 5.97. The third-order valence-corrected chi connectivity index (χ3v) is 5.77. The molecular weight excluding hydrogens is 450 g/mol. The smallest absolute Gasteiger partial charge is 0.251 e. The third-order valence-electron chi connectivity index (χ3n) is 5.77. The van der Waals surface area contributed by atoms with Crippen LogP contribution in [-0.4, -0.2) is 30.5 Å². The van der Waals surface area contributed by atoms with E-state index in [1.54, 1.807) is 24.3 Å². The highest BCUT2D eigenvalue weighted by atomic mass is 35.5. The molecule has 6 nitrogen and oxygen atoms in total. The molecule has 3 aromatic carbocycles. The first-order valence-corrected chi connectivity index (χ1v) is 11.3. The number of benzene rings is 3. The van der Waals surface area contributed by atoms with E-state index in [0.717, 1.165) is 17.7 Å². The van der Waals surface area contributed by atoms with Crippen LogP contribution < -0.4 is 21.1 Å². The third kappa shape index (κ3) is 7.07. The zero-order chi connectivity index (χ0) is 23.0. The number of rotatable bonds is 10. The molecule has 3 atom stereocenters. The quantitative estimate of drug-likeness (QED) is 0.412. The number of carbonyl (C=O) groups excluding carboxylic acids is 2. The molecule has 7 heteroatoms. The van der Waals surface area contributed by atoms with Gasteiger partial charge in [-0.15, -0.1) is 12.4 Å². The molecule has 0 aliphatic heterocycles. The van der Waals surface area contributed by atoms with Gasteiger partial charge in [0.25, 0.3) is 5.91 Å². The molecule has 4 N–H and O–H groups in total. The Morgan fingerprint density at radius 1 is 0.971 bits per heavy atom. The number of carbonyl (C=O) groups is 2. The van der Waals surface area contributed by atoms with Crippen molar-refractivity contribution in [3.05, 3.63) is 102 Å². The highest BCUT2D eigenvalue weighted by Gasteiger charge is 2.34. The van der Waals surface area contributed by atoms with Gasteiger partial charge in [-0.05, 0) is 41.8 Å². The van der Waals surface area contributed by atoms with Gasteiger partial charge in [-0.3, -0.25) is 9.59 Å². The van der Waals surface area contributed by atoms with Crippen molar-refractivity contribution in [2.45, 2.75) is 37.4 Å². The first-order valence-electron chi connectivity index (χ1n) is 11.3. The topological polar surface area (TPSA) is 93.4 Å². The molecule has 34 heavy (non-hydrogen) atoms. The minimum atomic E-state index is -0.721. The summed E-state index contributed by atoms with van der Waals surface area (Å²) < 4.78 is 5.92. The van der Waals surface area contributed by atoms with Crippen LogP contribution in [0.3, 0.4) is 0 Å². The second-order valence-electron chi connectivity index (χ2n) is 8.31. The molecule has 1 saturated carbocycles. The number of hydrogen-bond donors (Lipinski definition) is 3. The summed E-state index contributed by atoms with van der Waals surface area (Å²) in [6, 6.07) is 26.0. The van der Waals surface area contributed by atoms with Gasteiger partial charge in [-0.2, -0.15) is 0 Å². The van der Waals surface area contributed by atoms with E-state index in [9.17, 15) is 9.59 Å². The molecule has 1 aliphatic carbocycles. The minimum Gasteiger partial charge on any atom is -0.493 e. The molecule has 1 fully saturated rings. The van der Waals surface area contributed by atoms with Gasteiger partial charge in [0.1, 0.15) is 11.8 Å². The Balaban J connectivity index is 0.00000324. The fourth-order valence-electron chi connectivity index (χ4n) is 3.74. The molecular formula is C27H30ClN3O3. The van der Waals surface area contributed by atoms with Crippen molar-refractivity contribution < 1.29 is 14.3 Å². The highest BCUT2D eigenvalue weighted by Crippen LogP contribution is 2.39. The normalized spacial score (nSPS) is 17.1. The van der Waals surface area contributed by atoms with Gasteiger partial charge < -0.3 is 21.1 Å². The fourth-order valence-corrected chi connectivity index (χ4v) is 3.74. The molecule has 0 saturated heterocycles. The van der Waals surface area contributed by atoms with E-state index in [2.05, 4.69) is 16.7 Å². The Labute approximate surface area is 206 Å². The van der Waals surface area contributed by atoms with E-state index < -0.39 is 6.04 Å². The standard InChI is InChI=1S/C27H29N3O3.ClH/c28-24-17-23(24)21-12-7-13-22(16-21)33-15-14-25(30-26(31)20-10-5-2-6-11-20)27(32)29-18-19-8-3-1-4-9-19;/h1-13,16,23-25H,14-15,17-18,28H2,(H,29,32)(H,30,31);1H/t23-,24+,25?;/m0./s1. The number of amides is 2. The van der Waals surface area contributed by atoms with E-state index in [4.69, 9.17) is 10.5 Å². The lowest BCUT2D eigenvalue weighted by Crippen LogP contribution is -2.47. The van der Waals surface area contributed by atoms with E-state index in [0.29, 0.717) is 31.1 Å². The van der Waals surface area contributed by atoms with Gasteiger partial charge in [0.15, 0.2) is 0 Å². The van der Waals surface area contributed by atoms with E-state index in [-0.39, 0.29) is 30.3 Å². The lowest BCUT2D eigenvalue weighted by Gasteiger charge is -2.19. The first kappa shape index (κ1) is 25.3. The number of ether oxygens (including phenoxy) is 1. The van der Waals surface area contributed by atoms with Gasteiger partial charge in [-0.25, -0.2) is 0 Å². The van der Waals surface area contributed by atoms with Gasteiger partial charge in [0.2, 0.25) is 5.91 Å². The van der Waals surface area contributed by atoms with Gasteiger partial charge in [0.05, 0.1) is 6.61 Å². The number of nitrogens with two attached hydrogens (primary N) is 1. The second-order valence-corrected chi connectivity index (χ2v) is 8.31. The van der Waals surface area contributed by atoms with Crippen molar-refractivity contribution in [1.82, 2.24) is 10.6 Å². The molecule has 0 spiro atoms. The SMILES string of the molecule is Cl.N[C@@H]1C[C@H]1c1cccc(OCCC(NC(=O)c2ccccc2)C(=O)NCc2ccccc2)c1. The summed E-state index contributed by atoms with van der Waals surface area (Å²) in [5.41, 5.74) is 8.63. The largest absolute Gasteiger partial charge is 0.493 e. The molecule has 2 amide bonds. The Morgan fingerprint density at radius 2 is 1.65 bits per heavy atom. The molecule has 178 valence electrons.